The lowest BCUT2D eigenvalue weighted by molar-refractivity contribution is -0.127. The lowest BCUT2D eigenvalue weighted by atomic mass is 10.2. The summed E-state index contributed by atoms with van der Waals surface area (Å²) in [5.74, 6) is 0.437. The van der Waals surface area contributed by atoms with Crippen molar-refractivity contribution in [2.75, 3.05) is 18.1 Å². The van der Waals surface area contributed by atoms with Crippen molar-refractivity contribution in [1.29, 1.82) is 0 Å². The van der Waals surface area contributed by atoms with Crippen molar-refractivity contribution < 1.29 is 9.59 Å². The molecule has 4 nitrogen and oxygen atoms in total. The van der Waals surface area contributed by atoms with Gasteiger partial charge in [-0.1, -0.05) is 6.92 Å². The third-order valence-electron chi connectivity index (χ3n) is 2.13. The van der Waals surface area contributed by atoms with E-state index in [9.17, 15) is 9.59 Å². The Kier molecular flexibility index (Phi) is 8.78. The van der Waals surface area contributed by atoms with Crippen LogP contribution in [0.4, 0.5) is 0 Å². The van der Waals surface area contributed by atoms with Gasteiger partial charge in [0.05, 0.1) is 12.1 Å². The smallest absolute Gasteiger partial charge is 0.238 e. The summed E-state index contributed by atoms with van der Waals surface area (Å²) in [6, 6.07) is -0.869. The standard InChI is InChI=1S/C10H20N2O2S2/c1-3-4-11-9(6-16)10(14)12-8(5-15)7(2)13/h8-9,11,15-16H,3-6H2,1-2H3,(H,12,14)/t8-,9-/m0/s1. The van der Waals surface area contributed by atoms with Crippen LogP contribution in [0.2, 0.25) is 0 Å². The average molecular weight is 264 g/mol. The molecule has 0 aliphatic heterocycles. The van der Waals surface area contributed by atoms with E-state index in [-0.39, 0.29) is 17.7 Å². The SMILES string of the molecule is CCCN[C@@H](CS)C(=O)N[C@@H](CS)C(C)=O. The highest BCUT2D eigenvalue weighted by molar-refractivity contribution is 7.80. The van der Waals surface area contributed by atoms with Crippen LogP contribution in [0, 0.1) is 0 Å². The van der Waals surface area contributed by atoms with E-state index >= 15 is 0 Å². The van der Waals surface area contributed by atoms with Gasteiger partial charge in [-0.2, -0.15) is 25.3 Å². The van der Waals surface area contributed by atoms with Gasteiger partial charge >= 0.3 is 0 Å². The molecule has 0 aliphatic carbocycles. The molecule has 0 aromatic carbocycles. The van der Waals surface area contributed by atoms with E-state index in [1.54, 1.807) is 0 Å². The van der Waals surface area contributed by atoms with Crippen molar-refractivity contribution in [2.45, 2.75) is 32.4 Å². The van der Waals surface area contributed by atoms with Crippen LogP contribution in [0.5, 0.6) is 0 Å². The van der Waals surface area contributed by atoms with E-state index in [1.807, 2.05) is 6.92 Å². The molecule has 0 aromatic heterocycles. The van der Waals surface area contributed by atoms with Crippen LogP contribution in [-0.4, -0.2) is 41.8 Å². The van der Waals surface area contributed by atoms with E-state index in [0.29, 0.717) is 11.5 Å². The summed E-state index contributed by atoms with van der Waals surface area (Å²) in [5.41, 5.74) is 0. The molecule has 0 aliphatic rings. The molecule has 2 N–H and O–H groups in total. The van der Waals surface area contributed by atoms with Gasteiger partial charge in [0.1, 0.15) is 0 Å². The number of rotatable bonds is 8. The van der Waals surface area contributed by atoms with Crippen molar-refractivity contribution in [1.82, 2.24) is 10.6 Å². The highest BCUT2D eigenvalue weighted by Gasteiger charge is 2.21. The second kappa shape index (κ2) is 8.90. The number of hydrogen-bond donors (Lipinski definition) is 4. The third kappa shape index (κ3) is 5.77. The number of thiol groups is 2. The van der Waals surface area contributed by atoms with Crippen molar-refractivity contribution in [3.8, 4) is 0 Å². The molecule has 0 spiro atoms. The molecule has 0 rings (SSSR count). The van der Waals surface area contributed by atoms with Crippen LogP contribution >= 0.6 is 25.3 Å². The molecule has 0 aromatic rings. The molecule has 0 bridgehead atoms. The lowest BCUT2D eigenvalue weighted by Gasteiger charge is -2.19. The number of carbonyl (C=O) groups is 2. The zero-order valence-corrected chi connectivity index (χ0v) is 11.5. The molecule has 0 unspecified atom stereocenters. The number of ketones is 1. The Morgan fingerprint density at radius 2 is 1.75 bits per heavy atom. The Morgan fingerprint density at radius 1 is 1.19 bits per heavy atom. The maximum Gasteiger partial charge on any atom is 0.238 e. The Labute approximate surface area is 108 Å². The fourth-order valence-electron chi connectivity index (χ4n) is 1.11. The van der Waals surface area contributed by atoms with Crippen molar-refractivity contribution in [2.24, 2.45) is 0 Å². The Balaban J connectivity index is 4.23. The van der Waals surface area contributed by atoms with Crippen LogP contribution in [0.3, 0.4) is 0 Å². The summed E-state index contributed by atoms with van der Waals surface area (Å²) < 4.78 is 0. The summed E-state index contributed by atoms with van der Waals surface area (Å²) in [6.45, 7) is 4.22. The second-order valence-electron chi connectivity index (χ2n) is 3.54. The van der Waals surface area contributed by atoms with Gasteiger partial charge in [-0.15, -0.1) is 0 Å². The van der Waals surface area contributed by atoms with Crippen molar-refractivity contribution in [3.05, 3.63) is 0 Å². The molecule has 2 atom stereocenters. The van der Waals surface area contributed by atoms with Gasteiger partial charge in [0.15, 0.2) is 5.78 Å². The number of carbonyl (C=O) groups excluding carboxylic acids is 2. The first-order valence-corrected chi connectivity index (χ1v) is 6.59. The maximum atomic E-state index is 11.7. The van der Waals surface area contributed by atoms with E-state index in [0.717, 1.165) is 13.0 Å². The van der Waals surface area contributed by atoms with Crippen LogP contribution in [0.15, 0.2) is 0 Å². The molecule has 16 heavy (non-hydrogen) atoms. The lowest BCUT2D eigenvalue weighted by Crippen LogP contribution is -2.51. The molecule has 0 saturated heterocycles. The summed E-state index contributed by atoms with van der Waals surface area (Å²) in [5, 5.41) is 5.71. The zero-order valence-electron chi connectivity index (χ0n) is 9.69. The Bertz CT molecular complexity index is 237. The normalized spacial score (nSPS) is 14.2. The first kappa shape index (κ1) is 15.8. The molecular formula is C10H20N2O2S2. The van der Waals surface area contributed by atoms with Crippen LogP contribution in [0.1, 0.15) is 20.3 Å². The van der Waals surface area contributed by atoms with Crippen LogP contribution in [0.25, 0.3) is 0 Å². The number of amides is 1. The second-order valence-corrected chi connectivity index (χ2v) is 4.27. The summed E-state index contributed by atoms with van der Waals surface area (Å²) in [7, 11) is 0. The monoisotopic (exact) mass is 264 g/mol. The van der Waals surface area contributed by atoms with Gasteiger partial charge in [0.2, 0.25) is 5.91 Å². The first-order chi connectivity index (χ1) is 7.56. The van der Waals surface area contributed by atoms with E-state index in [4.69, 9.17) is 0 Å². The van der Waals surface area contributed by atoms with Gasteiger partial charge in [0, 0.05) is 11.5 Å². The minimum absolute atomic E-state index is 0.0863. The number of hydrogen-bond acceptors (Lipinski definition) is 5. The van der Waals surface area contributed by atoms with Crippen molar-refractivity contribution >= 4 is 36.9 Å². The van der Waals surface area contributed by atoms with Gasteiger partial charge in [0.25, 0.3) is 0 Å². The molecule has 0 saturated carbocycles. The highest BCUT2D eigenvalue weighted by Crippen LogP contribution is 1.94. The average Bonchev–Trinajstić information content (AvgIpc) is 2.26. The quantitative estimate of drug-likeness (QED) is 0.477. The van der Waals surface area contributed by atoms with E-state index in [2.05, 4.69) is 35.9 Å². The maximum absolute atomic E-state index is 11.7. The van der Waals surface area contributed by atoms with Crippen LogP contribution in [-0.2, 0) is 9.59 Å². The first-order valence-electron chi connectivity index (χ1n) is 5.32. The highest BCUT2D eigenvalue weighted by atomic mass is 32.1. The molecular weight excluding hydrogens is 244 g/mol. The minimum atomic E-state index is -0.512. The number of Topliss-reactive ketones (excluding diaryl/α,β-unsaturated/α-hetero) is 1. The molecule has 0 heterocycles. The molecule has 0 fully saturated rings. The topological polar surface area (TPSA) is 58.2 Å². The molecule has 6 heteroatoms. The Morgan fingerprint density at radius 3 is 2.12 bits per heavy atom. The number of nitrogens with one attached hydrogen (secondary N) is 2. The summed E-state index contributed by atoms with van der Waals surface area (Å²) in [4.78, 5) is 22.9. The molecule has 94 valence electrons. The van der Waals surface area contributed by atoms with Gasteiger partial charge in [-0.05, 0) is 19.9 Å². The summed E-state index contributed by atoms with van der Waals surface area (Å²) >= 11 is 8.13. The fourth-order valence-corrected chi connectivity index (χ4v) is 1.75. The molecule has 1 amide bonds. The van der Waals surface area contributed by atoms with Gasteiger partial charge in [-0.3, -0.25) is 9.59 Å². The van der Waals surface area contributed by atoms with Gasteiger partial charge in [-0.25, -0.2) is 0 Å². The summed E-state index contributed by atoms with van der Waals surface area (Å²) in [6.07, 6.45) is 0.945. The van der Waals surface area contributed by atoms with Gasteiger partial charge < -0.3 is 10.6 Å². The minimum Gasteiger partial charge on any atom is -0.344 e. The molecule has 0 radical (unpaired) electrons. The largest absolute Gasteiger partial charge is 0.344 e. The third-order valence-corrected chi connectivity index (χ3v) is 2.86. The van der Waals surface area contributed by atoms with Crippen molar-refractivity contribution in [3.63, 3.8) is 0 Å². The van der Waals surface area contributed by atoms with E-state index in [1.165, 1.54) is 6.92 Å². The predicted molar refractivity (Wildman–Crippen MR) is 72.4 cm³/mol. The Hall–Kier alpha value is -0.200. The predicted octanol–water partition coefficient (Wildman–Crippen LogP) is 0.288. The van der Waals surface area contributed by atoms with E-state index < -0.39 is 6.04 Å². The fraction of sp³-hybridized carbons (Fsp3) is 0.800. The van der Waals surface area contributed by atoms with Crippen LogP contribution < -0.4 is 10.6 Å². The zero-order chi connectivity index (χ0) is 12.6.